The maximum absolute atomic E-state index is 13.1. The van der Waals surface area contributed by atoms with Gasteiger partial charge in [0.05, 0.1) is 7.11 Å². The Balaban J connectivity index is 2.50. The normalized spacial score (nSPS) is 12.6. The molecular formula is C18H22NO2S2-. The van der Waals surface area contributed by atoms with Crippen molar-refractivity contribution in [3.8, 4) is 5.75 Å². The maximum atomic E-state index is 13.1. The van der Waals surface area contributed by atoms with Crippen molar-refractivity contribution in [2.45, 2.75) is 25.7 Å². The number of methoxy groups -OCH3 is 1. The third-order valence-electron chi connectivity index (χ3n) is 3.42. The van der Waals surface area contributed by atoms with Gasteiger partial charge in [-0.1, -0.05) is 48.2 Å². The summed E-state index contributed by atoms with van der Waals surface area (Å²) >= 11 is 1.56. The van der Waals surface area contributed by atoms with E-state index in [0.29, 0.717) is 10.6 Å². The van der Waals surface area contributed by atoms with E-state index in [4.69, 9.17) is 4.74 Å². The standard InChI is InChI=1S/C18H22NO2S2/c1-5-22-18(19-17-13(2)9-8-10-14(17)3)23(20)16-12-7-6-11-15(16)21-4/h6-12,19H,5H2,1-4H3/q-1. The summed E-state index contributed by atoms with van der Waals surface area (Å²) in [6.07, 6.45) is 0. The molecule has 0 heterocycles. The molecule has 0 unspecified atom stereocenters. The van der Waals surface area contributed by atoms with Crippen LogP contribution in [0.25, 0.3) is 0 Å². The van der Waals surface area contributed by atoms with Gasteiger partial charge >= 0.3 is 0 Å². The zero-order valence-electron chi connectivity index (χ0n) is 13.9. The Kier molecular flexibility index (Phi) is 6.42. The van der Waals surface area contributed by atoms with Gasteiger partial charge in [0, 0.05) is 5.69 Å². The van der Waals surface area contributed by atoms with E-state index in [-0.39, 0.29) is 0 Å². The lowest BCUT2D eigenvalue weighted by atomic mass is 10.1. The molecule has 0 fully saturated rings. The minimum absolute atomic E-state index is 0.642. The van der Waals surface area contributed by atoms with Crippen LogP contribution in [-0.2, 0) is 14.6 Å². The molecule has 2 aromatic carbocycles. The minimum Gasteiger partial charge on any atom is -0.498 e. The third-order valence-corrected chi connectivity index (χ3v) is 6.06. The van der Waals surface area contributed by atoms with Gasteiger partial charge in [-0.25, -0.2) is 10.4 Å². The molecule has 0 bridgehead atoms. The Morgan fingerprint density at radius 3 is 2.39 bits per heavy atom. The van der Waals surface area contributed by atoms with Gasteiger partial charge in [0.25, 0.3) is 0 Å². The van der Waals surface area contributed by atoms with Crippen LogP contribution in [0.4, 0.5) is 5.69 Å². The second-order valence-electron chi connectivity index (χ2n) is 5.03. The number of hydrogen-bond donors (Lipinski definition) is 1. The highest BCUT2D eigenvalue weighted by atomic mass is 32.2. The number of rotatable bonds is 4. The van der Waals surface area contributed by atoms with Crippen LogP contribution in [0.5, 0.6) is 5.75 Å². The predicted octanol–water partition coefficient (Wildman–Crippen LogP) is 4.59. The number of para-hydroxylation sites is 2. The lowest BCUT2D eigenvalue weighted by Crippen LogP contribution is -2.14. The molecule has 0 spiro atoms. The smallest absolute Gasteiger partial charge is 0.102 e. The van der Waals surface area contributed by atoms with E-state index in [1.54, 1.807) is 18.9 Å². The molecule has 0 aliphatic carbocycles. The molecule has 2 aromatic rings. The fourth-order valence-corrected chi connectivity index (χ4v) is 4.67. The fourth-order valence-electron chi connectivity index (χ4n) is 2.25. The van der Waals surface area contributed by atoms with Crippen LogP contribution in [0.3, 0.4) is 0 Å². The summed E-state index contributed by atoms with van der Waals surface area (Å²) in [4.78, 5) is 0.685. The highest BCUT2D eigenvalue weighted by Gasteiger charge is 2.04. The van der Waals surface area contributed by atoms with E-state index in [2.05, 4.69) is 38.2 Å². The third kappa shape index (κ3) is 4.24. The zero-order valence-corrected chi connectivity index (χ0v) is 15.5. The molecule has 0 aromatic heterocycles. The summed E-state index contributed by atoms with van der Waals surface area (Å²) in [7, 11) is 0.293. The van der Waals surface area contributed by atoms with E-state index in [0.717, 1.165) is 26.9 Å². The number of benzene rings is 2. The SMILES string of the molecule is CCSC(Nc1c(C)cccc1C)=[S-](=O)c1ccccc1OC. The van der Waals surface area contributed by atoms with Gasteiger partial charge in [0.2, 0.25) is 0 Å². The Hall–Kier alpha value is -1.59. The number of hydrogen-bond acceptors (Lipinski definition) is 4. The average Bonchev–Trinajstić information content (AvgIpc) is 2.56. The summed E-state index contributed by atoms with van der Waals surface area (Å²) in [6, 6.07) is 13.6. The molecule has 3 nitrogen and oxygen atoms in total. The summed E-state index contributed by atoms with van der Waals surface area (Å²) < 4.78 is 19.1. The number of anilines is 1. The Morgan fingerprint density at radius 1 is 1.13 bits per heavy atom. The van der Waals surface area contributed by atoms with Crippen molar-refractivity contribution >= 4 is 32.2 Å². The largest absolute Gasteiger partial charge is 0.498 e. The van der Waals surface area contributed by atoms with E-state index >= 15 is 0 Å². The van der Waals surface area contributed by atoms with Gasteiger partial charge in [0.15, 0.2) is 0 Å². The number of aryl methyl sites for hydroxylation is 2. The van der Waals surface area contributed by atoms with Gasteiger partial charge in [-0.05, 0) is 41.1 Å². The van der Waals surface area contributed by atoms with E-state index in [1.807, 2.05) is 30.3 Å². The van der Waals surface area contributed by atoms with Crippen molar-refractivity contribution in [1.82, 2.24) is 0 Å². The number of thioether (sulfide) groups is 1. The molecule has 0 aliphatic heterocycles. The first-order valence-electron chi connectivity index (χ1n) is 7.46. The van der Waals surface area contributed by atoms with E-state index in [9.17, 15) is 4.21 Å². The molecule has 2 rings (SSSR count). The summed E-state index contributed by atoms with van der Waals surface area (Å²) in [5.41, 5.74) is 3.29. The molecule has 1 N–H and O–H groups in total. The van der Waals surface area contributed by atoms with Gasteiger partial charge < -0.3 is 14.3 Å². The molecule has 0 amide bonds. The number of nitrogens with one attached hydrogen (secondary N) is 1. The zero-order chi connectivity index (χ0) is 16.8. The Labute approximate surface area is 144 Å². The first kappa shape index (κ1) is 17.8. The second kappa shape index (κ2) is 8.31. The van der Waals surface area contributed by atoms with Crippen LogP contribution in [0.1, 0.15) is 18.1 Å². The van der Waals surface area contributed by atoms with Gasteiger partial charge in [0.1, 0.15) is 5.75 Å². The average molecular weight is 349 g/mol. The molecule has 0 saturated heterocycles. The van der Waals surface area contributed by atoms with Crippen LogP contribution < -0.4 is 10.1 Å². The first-order chi connectivity index (χ1) is 11.1. The quantitative estimate of drug-likeness (QED) is 0.648. The Morgan fingerprint density at radius 2 is 1.78 bits per heavy atom. The van der Waals surface area contributed by atoms with Crippen molar-refractivity contribution in [3.05, 3.63) is 53.6 Å². The summed E-state index contributed by atoms with van der Waals surface area (Å²) in [5, 5.41) is 3.39. The van der Waals surface area contributed by atoms with Crippen molar-refractivity contribution < 1.29 is 8.95 Å². The van der Waals surface area contributed by atoms with Gasteiger partial charge in [-0.3, -0.25) is 0 Å². The topological polar surface area (TPSA) is 38.3 Å². The van der Waals surface area contributed by atoms with Crippen LogP contribution >= 0.6 is 11.8 Å². The monoisotopic (exact) mass is 348 g/mol. The highest BCUT2D eigenvalue weighted by Crippen LogP contribution is 2.24. The predicted molar refractivity (Wildman–Crippen MR) is 102 cm³/mol. The fraction of sp³-hybridized carbons (Fsp3) is 0.278. The highest BCUT2D eigenvalue weighted by molar-refractivity contribution is 8.23. The van der Waals surface area contributed by atoms with Gasteiger partial charge in [-0.15, -0.1) is 11.8 Å². The van der Waals surface area contributed by atoms with Crippen LogP contribution in [0.2, 0.25) is 0 Å². The van der Waals surface area contributed by atoms with Crippen molar-refractivity contribution in [3.63, 3.8) is 0 Å². The van der Waals surface area contributed by atoms with E-state index in [1.165, 1.54) is 0 Å². The molecule has 124 valence electrons. The lowest BCUT2D eigenvalue weighted by molar-refractivity contribution is 0.404. The first-order valence-corrected chi connectivity index (χ1v) is 9.59. The summed E-state index contributed by atoms with van der Waals surface area (Å²) in [6.45, 7) is 6.15. The van der Waals surface area contributed by atoms with Crippen molar-refractivity contribution in [2.75, 3.05) is 18.2 Å². The maximum Gasteiger partial charge on any atom is 0.102 e. The molecular weight excluding hydrogens is 326 g/mol. The molecule has 23 heavy (non-hydrogen) atoms. The molecule has 5 heteroatoms. The second-order valence-corrected chi connectivity index (χ2v) is 7.95. The number of ether oxygens (including phenoxy) is 1. The summed E-state index contributed by atoms with van der Waals surface area (Å²) in [5.74, 6) is 1.48. The van der Waals surface area contributed by atoms with Crippen LogP contribution in [0.15, 0.2) is 47.4 Å². The minimum atomic E-state index is -1.31. The Bertz CT molecular complexity index is 745. The van der Waals surface area contributed by atoms with Crippen molar-refractivity contribution in [1.29, 1.82) is 0 Å². The van der Waals surface area contributed by atoms with Crippen LogP contribution in [0, 0.1) is 13.8 Å². The van der Waals surface area contributed by atoms with E-state index < -0.39 is 10.4 Å². The molecule has 0 aliphatic rings. The molecule has 0 atom stereocenters. The van der Waals surface area contributed by atoms with Crippen LogP contribution in [-0.4, -0.2) is 17.2 Å². The van der Waals surface area contributed by atoms with Gasteiger partial charge in [-0.2, -0.15) is 0 Å². The molecule has 0 radical (unpaired) electrons. The molecule has 0 saturated carbocycles. The lowest BCUT2D eigenvalue weighted by Gasteiger charge is -2.22. The van der Waals surface area contributed by atoms with Crippen molar-refractivity contribution in [2.24, 2.45) is 0 Å².